The summed E-state index contributed by atoms with van der Waals surface area (Å²) >= 11 is 0. The first-order chi connectivity index (χ1) is 9.24. The van der Waals surface area contributed by atoms with Gasteiger partial charge in [0.05, 0.1) is 12.2 Å². The van der Waals surface area contributed by atoms with Crippen molar-refractivity contribution in [3.8, 4) is 0 Å². The van der Waals surface area contributed by atoms with E-state index in [0.29, 0.717) is 12.5 Å². The monoisotopic (exact) mass is 264 g/mol. The van der Waals surface area contributed by atoms with Gasteiger partial charge in [0, 0.05) is 19.3 Å². The molecule has 1 saturated heterocycles. The van der Waals surface area contributed by atoms with Crippen molar-refractivity contribution in [3.05, 3.63) is 18.0 Å². The van der Waals surface area contributed by atoms with Crippen LogP contribution in [0.4, 0.5) is 0 Å². The van der Waals surface area contributed by atoms with Gasteiger partial charge in [-0.3, -0.25) is 9.48 Å². The highest BCUT2D eigenvalue weighted by Gasteiger charge is 2.27. The second-order valence-corrected chi connectivity index (χ2v) is 5.16. The summed E-state index contributed by atoms with van der Waals surface area (Å²) in [6.45, 7) is 6.65. The van der Waals surface area contributed by atoms with Crippen LogP contribution in [0, 0.1) is 0 Å². The van der Waals surface area contributed by atoms with E-state index < -0.39 is 0 Å². The van der Waals surface area contributed by atoms with Gasteiger partial charge in [0.15, 0.2) is 0 Å². The molecule has 1 fully saturated rings. The average molecular weight is 264 g/mol. The summed E-state index contributed by atoms with van der Waals surface area (Å²) in [6, 6.07) is -0.0618. The van der Waals surface area contributed by atoms with Crippen LogP contribution >= 0.6 is 0 Å². The Morgan fingerprint density at radius 1 is 1.58 bits per heavy atom. The molecule has 2 heterocycles. The zero-order valence-corrected chi connectivity index (χ0v) is 11.9. The zero-order chi connectivity index (χ0) is 13.7. The lowest BCUT2D eigenvalue weighted by molar-refractivity contribution is -0.123. The van der Waals surface area contributed by atoms with Crippen LogP contribution in [0.2, 0.25) is 0 Å². The first-order valence-corrected chi connectivity index (χ1v) is 7.28. The van der Waals surface area contributed by atoms with Crippen LogP contribution in [0.25, 0.3) is 0 Å². The fourth-order valence-electron chi connectivity index (χ4n) is 2.66. The van der Waals surface area contributed by atoms with Crippen molar-refractivity contribution in [2.24, 2.45) is 0 Å². The molecule has 0 aliphatic carbocycles. The predicted octanol–water partition coefficient (Wildman–Crippen LogP) is 1.26. The topological polar surface area (TPSA) is 59.0 Å². The number of amides is 1. The number of aromatic nitrogens is 2. The van der Waals surface area contributed by atoms with E-state index in [-0.39, 0.29) is 11.9 Å². The Kier molecular flexibility index (Phi) is 4.96. The first kappa shape index (κ1) is 14.1. The molecule has 19 heavy (non-hydrogen) atoms. The summed E-state index contributed by atoms with van der Waals surface area (Å²) in [5.41, 5.74) is 1.27. The van der Waals surface area contributed by atoms with Crippen LogP contribution < -0.4 is 10.6 Å². The second-order valence-electron chi connectivity index (χ2n) is 5.16. The van der Waals surface area contributed by atoms with Crippen LogP contribution in [0.3, 0.4) is 0 Å². The average Bonchev–Trinajstić information content (AvgIpc) is 2.88. The summed E-state index contributed by atoms with van der Waals surface area (Å²) in [6.07, 6.45) is 7.13. The number of nitrogens with zero attached hydrogens (tertiary/aromatic N) is 2. The van der Waals surface area contributed by atoms with Crippen LogP contribution in [0.5, 0.6) is 0 Å². The molecule has 5 heteroatoms. The highest BCUT2D eigenvalue weighted by Crippen LogP contribution is 2.27. The maximum Gasteiger partial charge on any atom is 0.237 e. The van der Waals surface area contributed by atoms with Gasteiger partial charge >= 0.3 is 0 Å². The van der Waals surface area contributed by atoms with Crippen LogP contribution in [-0.4, -0.2) is 34.8 Å². The van der Waals surface area contributed by atoms with E-state index in [9.17, 15) is 4.79 Å². The molecule has 0 aromatic carbocycles. The number of hydrogen-bond donors (Lipinski definition) is 2. The third-order valence-electron chi connectivity index (χ3n) is 3.65. The highest BCUT2D eigenvalue weighted by atomic mass is 16.2. The molecule has 2 N–H and O–H groups in total. The van der Waals surface area contributed by atoms with E-state index in [1.807, 2.05) is 17.8 Å². The Labute approximate surface area is 114 Å². The minimum absolute atomic E-state index is 0.0618. The molecule has 0 radical (unpaired) electrons. The van der Waals surface area contributed by atoms with Gasteiger partial charge in [-0.1, -0.05) is 6.92 Å². The van der Waals surface area contributed by atoms with Crippen molar-refractivity contribution in [2.45, 2.75) is 51.6 Å². The van der Waals surface area contributed by atoms with Gasteiger partial charge in [-0.2, -0.15) is 5.10 Å². The van der Waals surface area contributed by atoms with Crippen LogP contribution in [-0.2, 0) is 11.3 Å². The number of carbonyl (C=O) groups excluding carboxylic acids is 1. The molecule has 2 atom stereocenters. The molecule has 106 valence electrons. The Morgan fingerprint density at radius 2 is 2.42 bits per heavy atom. The van der Waals surface area contributed by atoms with E-state index in [0.717, 1.165) is 32.4 Å². The lowest BCUT2D eigenvalue weighted by atomic mass is 9.88. The SMILES string of the molecule is CCCn1cc(C2CCNC(C(=O)NCC)C2)cn1. The molecular weight excluding hydrogens is 240 g/mol. The van der Waals surface area contributed by atoms with Crippen molar-refractivity contribution in [1.82, 2.24) is 20.4 Å². The van der Waals surface area contributed by atoms with Gasteiger partial charge in [0.2, 0.25) is 5.91 Å². The Balaban J connectivity index is 1.97. The fraction of sp³-hybridized carbons (Fsp3) is 0.714. The van der Waals surface area contributed by atoms with Gasteiger partial charge in [-0.25, -0.2) is 0 Å². The third kappa shape index (κ3) is 3.56. The number of carbonyl (C=O) groups is 1. The molecule has 1 aliphatic rings. The van der Waals surface area contributed by atoms with Crippen molar-refractivity contribution in [3.63, 3.8) is 0 Å². The summed E-state index contributed by atoms with van der Waals surface area (Å²) in [4.78, 5) is 11.9. The number of likely N-dealkylation sites (N-methyl/N-ethyl adjacent to an activating group) is 1. The summed E-state index contributed by atoms with van der Waals surface area (Å²) in [5.74, 6) is 0.563. The van der Waals surface area contributed by atoms with Crippen molar-refractivity contribution in [2.75, 3.05) is 13.1 Å². The minimum Gasteiger partial charge on any atom is -0.355 e. The Morgan fingerprint density at radius 3 is 3.16 bits per heavy atom. The Bertz CT molecular complexity index is 415. The van der Waals surface area contributed by atoms with Gasteiger partial charge in [0.25, 0.3) is 0 Å². The molecule has 5 nitrogen and oxygen atoms in total. The third-order valence-corrected chi connectivity index (χ3v) is 3.65. The lowest BCUT2D eigenvalue weighted by Gasteiger charge is -2.28. The van der Waals surface area contributed by atoms with Crippen LogP contribution in [0.15, 0.2) is 12.4 Å². The molecule has 2 unspecified atom stereocenters. The summed E-state index contributed by atoms with van der Waals surface area (Å²) < 4.78 is 2.00. The van der Waals surface area contributed by atoms with Gasteiger partial charge < -0.3 is 10.6 Å². The standard InChI is InChI=1S/C14H24N4O/c1-3-7-18-10-12(9-17-18)11-5-6-16-13(8-11)14(19)15-4-2/h9-11,13,16H,3-8H2,1-2H3,(H,15,19). The van der Waals surface area contributed by atoms with Gasteiger partial charge in [-0.15, -0.1) is 0 Å². The van der Waals surface area contributed by atoms with E-state index in [1.54, 1.807) is 0 Å². The minimum atomic E-state index is -0.0618. The molecular formula is C14H24N4O. The number of aryl methyl sites for hydroxylation is 1. The molecule has 1 amide bonds. The Hall–Kier alpha value is -1.36. The normalized spacial score (nSPS) is 23.3. The van der Waals surface area contributed by atoms with Crippen molar-refractivity contribution in [1.29, 1.82) is 0 Å². The molecule has 2 rings (SSSR count). The second kappa shape index (κ2) is 6.70. The molecule has 1 aromatic rings. The molecule has 1 aromatic heterocycles. The quantitative estimate of drug-likeness (QED) is 0.842. The highest BCUT2D eigenvalue weighted by molar-refractivity contribution is 5.81. The van der Waals surface area contributed by atoms with Gasteiger partial charge in [0.1, 0.15) is 0 Å². The number of piperidine rings is 1. The predicted molar refractivity (Wildman–Crippen MR) is 75.0 cm³/mol. The van der Waals surface area contributed by atoms with Crippen molar-refractivity contribution >= 4 is 5.91 Å². The van der Waals surface area contributed by atoms with E-state index in [2.05, 4.69) is 28.9 Å². The van der Waals surface area contributed by atoms with E-state index >= 15 is 0 Å². The number of rotatable bonds is 5. The molecule has 1 aliphatic heterocycles. The zero-order valence-electron chi connectivity index (χ0n) is 11.9. The molecule has 0 saturated carbocycles. The van der Waals surface area contributed by atoms with Gasteiger partial charge in [-0.05, 0) is 44.2 Å². The summed E-state index contributed by atoms with van der Waals surface area (Å²) in [5, 5.41) is 10.6. The van der Waals surface area contributed by atoms with Crippen molar-refractivity contribution < 1.29 is 4.79 Å². The number of nitrogens with one attached hydrogen (secondary N) is 2. The van der Waals surface area contributed by atoms with Crippen LogP contribution in [0.1, 0.15) is 44.6 Å². The lowest BCUT2D eigenvalue weighted by Crippen LogP contribution is -2.48. The van der Waals surface area contributed by atoms with E-state index in [1.165, 1.54) is 5.56 Å². The number of hydrogen-bond acceptors (Lipinski definition) is 3. The molecule has 0 spiro atoms. The summed E-state index contributed by atoms with van der Waals surface area (Å²) in [7, 11) is 0. The fourth-order valence-corrected chi connectivity index (χ4v) is 2.66. The molecule has 0 bridgehead atoms. The smallest absolute Gasteiger partial charge is 0.237 e. The van der Waals surface area contributed by atoms with E-state index in [4.69, 9.17) is 0 Å². The maximum atomic E-state index is 11.9. The maximum absolute atomic E-state index is 11.9. The largest absolute Gasteiger partial charge is 0.355 e. The first-order valence-electron chi connectivity index (χ1n) is 7.28.